The van der Waals surface area contributed by atoms with Crippen LogP contribution in [0.2, 0.25) is 0 Å². The number of rotatable bonds is 10. The van der Waals surface area contributed by atoms with Crippen molar-refractivity contribution in [1.82, 2.24) is 15.5 Å². The van der Waals surface area contributed by atoms with Gasteiger partial charge in [-0.15, -0.1) is 0 Å². The smallest absolute Gasteiger partial charge is 0.291 e. The largest absolute Gasteiger partial charge is 0.481 e. The molecule has 2 N–H and O–H groups in total. The Morgan fingerprint density at radius 1 is 1.11 bits per heavy atom. The Kier molecular flexibility index (Phi) is 11.5. The predicted molar refractivity (Wildman–Crippen MR) is 180 cm³/mol. The van der Waals surface area contributed by atoms with Crippen molar-refractivity contribution in [3.8, 4) is 0 Å². The molecule has 0 saturated heterocycles. The van der Waals surface area contributed by atoms with Gasteiger partial charge in [-0.25, -0.2) is 0 Å². The number of amides is 1. The van der Waals surface area contributed by atoms with Gasteiger partial charge < -0.3 is 34.2 Å². The third-order valence-corrected chi connectivity index (χ3v) is 8.98. The topological polar surface area (TPSA) is 97.6 Å². The van der Waals surface area contributed by atoms with Gasteiger partial charge in [0.2, 0.25) is 5.88 Å². The molecule has 0 radical (unpaired) electrons. The number of fused-ring (bicyclic) bond motifs is 1. The lowest BCUT2D eigenvalue weighted by Gasteiger charge is -2.30. The van der Waals surface area contributed by atoms with E-state index >= 15 is 0 Å². The quantitative estimate of drug-likeness (QED) is 0.292. The summed E-state index contributed by atoms with van der Waals surface area (Å²) in [6.07, 6.45) is 0.572. The van der Waals surface area contributed by atoms with E-state index in [1.807, 2.05) is 19.9 Å². The molecule has 1 aromatic carbocycles. The highest BCUT2D eigenvalue weighted by molar-refractivity contribution is 7.59. The molecule has 2 aliphatic heterocycles. The SMILES string of the molecule is CC.COC1=C(NC(=O)c2ccc(Cc3cc4c(cc3C)C(C)(C)OC4(C)C)o2)C(OC)PC(=NCC(C)(C)CN(C)C)N1. The van der Waals surface area contributed by atoms with Crippen molar-refractivity contribution < 1.29 is 23.4 Å². The number of methoxy groups -OCH3 is 2. The van der Waals surface area contributed by atoms with E-state index in [-0.39, 0.29) is 36.9 Å². The van der Waals surface area contributed by atoms with Crippen LogP contribution < -0.4 is 10.6 Å². The van der Waals surface area contributed by atoms with Crippen molar-refractivity contribution in [1.29, 1.82) is 0 Å². The molecule has 2 atom stereocenters. The fraction of sp³-hybridized carbons (Fsp3) is 0.588. The van der Waals surface area contributed by atoms with E-state index in [2.05, 4.69) is 90.2 Å². The molecule has 2 aliphatic rings. The summed E-state index contributed by atoms with van der Waals surface area (Å²) in [6.45, 7) is 20.5. The van der Waals surface area contributed by atoms with E-state index in [1.54, 1.807) is 20.3 Å². The highest BCUT2D eigenvalue weighted by atomic mass is 31.1. The van der Waals surface area contributed by atoms with E-state index in [9.17, 15) is 4.79 Å². The summed E-state index contributed by atoms with van der Waals surface area (Å²) in [7, 11) is 7.47. The molecule has 2 unspecified atom stereocenters. The van der Waals surface area contributed by atoms with Gasteiger partial charge in [0.1, 0.15) is 22.9 Å². The van der Waals surface area contributed by atoms with Gasteiger partial charge in [-0.3, -0.25) is 9.79 Å². The minimum atomic E-state index is -0.404. The maximum atomic E-state index is 13.3. The zero-order valence-electron chi connectivity index (χ0n) is 28.9. The first kappa shape index (κ1) is 35.8. The maximum Gasteiger partial charge on any atom is 0.291 e. The molecule has 0 saturated carbocycles. The van der Waals surface area contributed by atoms with Crippen LogP contribution in [0.3, 0.4) is 0 Å². The first-order valence-corrected chi connectivity index (χ1v) is 16.4. The van der Waals surface area contributed by atoms with Crippen LogP contribution in [-0.2, 0) is 31.8 Å². The van der Waals surface area contributed by atoms with E-state index < -0.39 is 5.85 Å². The Morgan fingerprint density at radius 3 is 2.34 bits per heavy atom. The zero-order chi connectivity index (χ0) is 33.0. The van der Waals surface area contributed by atoms with Gasteiger partial charge in [-0.2, -0.15) is 0 Å². The Labute approximate surface area is 266 Å². The van der Waals surface area contributed by atoms with Crippen molar-refractivity contribution in [3.05, 3.63) is 69.6 Å². The highest BCUT2D eigenvalue weighted by Crippen LogP contribution is 2.47. The monoisotopic (exact) mass is 628 g/mol. The average molecular weight is 629 g/mol. The predicted octanol–water partition coefficient (Wildman–Crippen LogP) is 6.45. The molecule has 0 fully saturated rings. The molecule has 1 aromatic heterocycles. The van der Waals surface area contributed by atoms with Crippen LogP contribution in [-0.4, -0.2) is 63.6 Å². The summed E-state index contributed by atoms with van der Waals surface area (Å²) in [5.41, 5.74) is 5.32. The number of nitrogens with one attached hydrogen (secondary N) is 2. The lowest BCUT2D eigenvalue weighted by molar-refractivity contribution is -0.105. The molecule has 0 aliphatic carbocycles. The van der Waals surface area contributed by atoms with E-state index in [0.717, 1.165) is 17.7 Å². The number of hydrogen-bond donors (Lipinski definition) is 2. The molecule has 0 bridgehead atoms. The number of hydrogen-bond acceptors (Lipinski definition) is 7. The van der Waals surface area contributed by atoms with Gasteiger partial charge in [0.05, 0.1) is 18.3 Å². The number of carbonyl (C=O) groups excluding carboxylic acids is 1. The number of nitrogens with zero attached hydrogens (tertiary/aromatic N) is 2. The molecule has 0 spiro atoms. The average Bonchev–Trinajstić information content (AvgIpc) is 3.47. The van der Waals surface area contributed by atoms with Gasteiger partial charge in [-0.05, 0) is 97.1 Å². The highest BCUT2D eigenvalue weighted by Gasteiger charge is 2.43. The Bertz CT molecular complexity index is 1390. The third-order valence-electron chi connectivity index (χ3n) is 7.64. The van der Waals surface area contributed by atoms with Crippen LogP contribution in [0.15, 0.2) is 45.3 Å². The summed E-state index contributed by atoms with van der Waals surface area (Å²) < 4.78 is 23.7. The van der Waals surface area contributed by atoms with Crippen LogP contribution >= 0.6 is 8.58 Å². The number of ether oxygens (including phenoxy) is 3. The van der Waals surface area contributed by atoms with Crippen LogP contribution in [0.1, 0.15) is 94.0 Å². The van der Waals surface area contributed by atoms with Gasteiger partial charge in [0.15, 0.2) is 5.76 Å². The van der Waals surface area contributed by atoms with Gasteiger partial charge >= 0.3 is 0 Å². The van der Waals surface area contributed by atoms with E-state index in [0.29, 0.717) is 30.3 Å². The number of furan rings is 1. The Balaban J connectivity index is 0.00000259. The van der Waals surface area contributed by atoms with Crippen LogP contribution in [0.5, 0.6) is 0 Å². The fourth-order valence-corrected chi connectivity index (χ4v) is 6.99. The summed E-state index contributed by atoms with van der Waals surface area (Å²) in [5, 5.41) is 6.21. The molecular weight excluding hydrogens is 575 g/mol. The van der Waals surface area contributed by atoms with Crippen molar-refractivity contribution in [2.75, 3.05) is 41.4 Å². The molecule has 10 heteroatoms. The van der Waals surface area contributed by atoms with E-state index in [1.165, 1.54) is 16.7 Å². The molecule has 3 heterocycles. The summed E-state index contributed by atoms with van der Waals surface area (Å²) in [4.78, 5) is 20.3. The standard InChI is InChI=1S/C32H47N4O5P.C2H6/c1-19-14-22-23(32(6,7)41-31(22,4)5)16-20(19)15-21-12-13-24(40-21)26(37)34-25-27(38-10)35-29(42-28(25)39-11)33-17-30(2,3)18-36(8)9;1-2/h12-14,16,28,42H,15,17-18H2,1-11H3,(H,33,35)(H,34,37);1-2H3. The minimum absolute atomic E-state index is 0.00652. The summed E-state index contributed by atoms with van der Waals surface area (Å²) in [5.74, 6) is 0.570. The first-order chi connectivity index (χ1) is 20.5. The summed E-state index contributed by atoms with van der Waals surface area (Å²) in [6, 6.07) is 8.00. The van der Waals surface area contributed by atoms with Gasteiger partial charge in [0, 0.05) is 26.6 Å². The summed E-state index contributed by atoms with van der Waals surface area (Å²) >= 11 is 0. The molecule has 1 amide bonds. The van der Waals surface area contributed by atoms with Crippen molar-refractivity contribution in [3.63, 3.8) is 0 Å². The maximum absolute atomic E-state index is 13.3. The number of amidine groups is 1. The number of aryl methyl sites for hydroxylation is 1. The third kappa shape index (κ3) is 8.30. The van der Waals surface area contributed by atoms with Crippen LogP contribution in [0.25, 0.3) is 0 Å². The zero-order valence-corrected chi connectivity index (χ0v) is 29.9. The number of carbonyl (C=O) groups is 1. The van der Waals surface area contributed by atoms with Crippen molar-refractivity contribution in [2.45, 2.75) is 85.8 Å². The molecule has 2 aromatic rings. The first-order valence-electron chi connectivity index (χ1n) is 15.3. The lowest BCUT2D eigenvalue weighted by Crippen LogP contribution is -2.40. The van der Waals surface area contributed by atoms with Crippen LogP contribution in [0, 0.1) is 12.3 Å². The molecule has 9 nitrogen and oxygen atoms in total. The normalized spacial score (nSPS) is 20.3. The van der Waals surface area contributed by atoms with E-state index in [4.69, 9.17) is 23.6 Å². The fourth-order valence-electron chi connectivity index (χ4n) is 5.92. The number of aliphatic imine (C=N–C) groups is 1. The Morgan fingerprint density at radius 2 is 1.75 bits per heavy atom. The second kappa shape index (κ2) is 14.2. The lowest BCUT2D eigenvalue weighted by atomic mass is 9.86. The van der Waals surface area contributed by atoms with Crippen molar-refractivity contribution >= 4 is 20.1 Å². The van der Waals surface area contributed by atoms with Crippen LogP contribution in [0.4, 0.5) is 0 Å². The molecule has 4 rings (SSSR count). The molecular formula is C34H53N4O5P. The second-order valence-electron chi connectivity index (χ2n) is 13.2. The molecule has 244 valence electrons. The number of benzene rings is 1. The van der Waals surface area contributed by atoms with Gasteiger partial charge in [0.25, 0.3) is 5.91 Å². The minimum Gasteiger partial charge on any atom is -0.481 e. The molecule has 44 heavy (non-hydrogen) atoms. The Hall–Kier alpha value is -2.71. The van der Waals surface area contributed by atoms with Gasteiger partial charge in [-0.1, -0.05) is 39.8 Å². The second-order valence-corrected chi connectivity index (χ2v) is 14.5. The van der Waals surface area contributed by atoms with Crippen molar-refractivity contribution in [2.24, 2.45) is 10.4 Å².